The van der Waals surface area contributed by atoms with Crippen LogP contribution in [0.4, 0.5) is 0 Å². The molecule has 1 rings (SSSR count). The van der Waals surface area contributed by atoms with Gasteiger partial charge in [0.25, 0.3) is 0 Å². The van der Waals surface area contributed by atoms with Gasteiger partial charge in [-0.05, 0) is 31.9 Å². The summed E-state index contributed by atoms with van der Waals surface area (Å²) in [6, 6.07) is 4.87. The van der Waals surface area contributed by atoms with Crippen molar-refractivity contribution in [2.24, 2.45) is 0 Å². The quantitative estimate of drug-likeness (QED) is 0.270. The monoisotopic (exact) mass is 398 g/mol. The molecule has 4 nitrogen and oxygen atoms in total. The van der Waals surface area contributed by atoms with Crippen molar-refractivity contribution in [1.82, 2.24) is 0 Å². The first-order chi connectivity index (χ1) is 12.9. The van der Waals surface area contributed by atoms with Gasteiger partial charge in [-0.3, -0.25) is 0 Å². The first-order valence-electron chi connectivity index (χ1n) is 10.6. The van der Waals surface area contributed by atoms with Crippen molar-refractivity contribution in [2.75, 3.05) is 0 Å². The van der Waals surface area contributed by atoms with Gasteiger partial charge in [-0.15, -0.1) is 0 Å². The van der Waals surface area contributed by atoms with E-state index in [1.54, 1.807) is 26.0 Å². The van der Waals surface area contributed by atoms with Gasteiger partial charge in [0.05, 0.1) is 5.25 Å². The molecule has 0 aromatic heterocycles. The molecule has 156 valence electrons. The summed E-state index contributed by atoms with van der Waals surface area (Å²) in [5.41, 5.74) is 0.598. The SMILES string of the molecule is CCCCCCCCCCCCCC(C)S(=O)(=O)Oc1cccc(C)c1O. The molecule has 1 unspecified atom stereocenters. The van der Waals surface area contributed by atoms with Gasteiger partial charge in [0.1, 0.15) is 0 Å². The van der Waals surface area contributed by atoms with E-state index in [0.717, 1.165) is 12.8 Å². The van der Waals surface area contributed by atoms with Gasteiger partial charge in [0, 0.05) is 0 Å². The Morgan fingerprint density at radius 3 is 2.00 bits per heavy atom. The van der Waals surface area contributed by atoms with E-state index in [-0.39, 0.29) is 11.5 Å². The molecule has 0 saturated carbocycles. The fraction of sp³-hybridized carbons (Fsp3) is 0.727. The summed E-state index contributed by atoms with van der Waals surface area (Å²) in [5.74, 6) is -0.0937. The van der Waals surface area contributed by atoms with E-state index in [1.165, 1.54) is 63.9 Å². The van der Waals surface area contributed by atoms with Crippen molar-refractivity contribution in [3.8, 4) is 11.5 Å². The van der Waals surface area contributed by atoms with Crippen LogP contribution in [0, 0.1) is 6.92 Å². The second-order valence-corrected chi connectivity index (χ2v) is 9.59. The maximum absolute atomic E-state index is 12.3. The number of aromatic hydroxyl groups is 1. The smallest absolute Gasteiger partial charge is 0.311 e. The van der Waals surface area contributed by atoms with Gasteiger partial charge in [-0.1, -0.05) is 89.7 Å². The number of hydrogen-bond acceptors (Lipinski definition) is 4. The Labute approximate surface area is 166 Å². The topological polar surface area (TPSA) is 63.6 Å². The van der Waals surface area contributed by atoms with E-state index in [0.29, 0.717) is 12.0 Å². The molecule has 0 heterocycles. The fourth-order valence-electron chi connectivity index (χ4n) is 3.15. The molecule has 0 aliphatic rings. The molecule has 1 aromatic carbocycles. The van der Waals surface area contributed by atoms with Crippen molar-refractivity contribution in [1.29, 1.82) is 0 Å². The first kappa shape index (κ1) is 23.8. The van der Waals surface area contributed by atoms with Crippen LogP contribution in [0.5, 0.6) is 11.5 Å². The molecule has 1 aromatic rings. The number of unbranched alkanes of at least 4 members (excludes halogenated alkanes) is 10. The normalized spacial score (nSPS) is 12.9. The van der Waals surface area contributed by atoms with E-state index in [9.17, 15) is 13.5 Å². The molecule has 0 aliphatic carbocycles. The lowest BCUT2D eigenvalue weighted by molar-refractivity contribution is 0.419. The molecule has 0 spiro atoms. The molecular formula is C22H38O4S. The molecule has 1 N–H and O–H groups in total. The summed E-state index contributed by atoms with van der Waals surface area (Å²) < 4.78 is 29.8. The number of phenols is 1. The number of hydrogen-bond donors (Lipinski definition) is 1. The van der Waals surface area contributed by atoms with Gasteiger partial charge in [0.2, 0.25) is 0 Å². The lowest BCUT2D eigenvalue weighted by Gasteiger charge is -2.15. The Balaban J connectivity index is 2.18. The highest BCUT2D eigenvalue weighted by atomic mass is 32.2. The van der Waals surface area contributed by atoms with Crippen molar-refractivity contribution in [2.45, 2.75) is 103 Å². The van der Waals surface area contributed by atoms with E-state index >= 15 is 0 Å². The van der Waals surface area contributed by atoms with Crippen LogP contribution in [0.1, 0.15) is 96.5 Å². The average Bonchev–Trinajstić information content (AvgIpc) is 2.63. The minimum atomic E-state index is -3.73. The average molecular weight is 399 g/mol. The molecule has 0 bridgehead atoms. The fourth-order valence-corrected chi connectivity index (χ4v) is 4.15. The Hall–Kier alpha value is -1.23. The summed E-state index contributed by atoms with van der Waals surface area (Å²) in [5, 5.41) is 9.36. The van der Waals surface area contributed by atoms with E-state index in [4.69, 9.17) is 4.18 Å². The number of para-hydroxylation sites is 1. The minimum absolute atomic E-state index is 0.0146. The van der Waals surface area contributed by atoms with Crippen LogP contribution in [-0.2, 0) is 10.1 Å². The zero-order chi connectivity index (χ0) is 20.1. The number of benzene rings is 1. The van der Waals surface area contributed by atoms with Gasteiger partial charge in [-0.2, -0.15) is 8.42 Å². The molecule has 0 fully saturated rings. The number of aryl methyl sites for hydroxylation is 1. The van der Waals surface area contributed by atoms with E-state index < -0.39 is 15.4 Å². The summed E-state index contributed by atoms with van der Waals surface area (Å²) in [6.07, 6.45) is 14.3. The van der Waals surface area contributed by atoms with Crippen molar-refractivity contribution < 1.29 is 17.7 Å². The van der Waals surface area contributed by atoms with Crippen LogP contribution in [0.15, 0.2) is 18.2 Å². The lowest BCUT2D eigenvalue weighted by atomic mass is 10.0. The molecule has 0 amide bonds. The largest absolute Gasteiger partial charge is 0.504 e. The predicted molar refractivity (Wildman–Crippen MR) is 113 cm³/mol. The third-order valence-corrected chi connectivity index (χ3v) is 6.75. The third kappa shape index (κ3) is 9.50. The van der Waals surface area contributed by atoms with Crippen LogP contribution in [0.2, 0.25) is 0 Å². The number of phenolic OH excluding ortho intramolecular Hbond substituents is 1. The van der Waals surface area contributed by atoms with Crippen LogP contribution >= 0.6 is 0 Å². The summed E-state index contributed by atoms with van der Waals surface area (Å²) >= 11 is 0. The van der Waals surface area contributed by atoms with Gasteiger partial charge < -0.3 is 9.29 Å². The van der Waals surface area contributed by atoms with Crippen LogP contribution in [0.25, 0.3) is 0 Å². The molecule has 27 heavy (non-hydrogen) atoms. The standard InChI is InChI=1S/C22H38O4S/c1-4-5-6-7-8-9-10-11-12-13-14-17-20(3)27(24,25)26-21-18-15-16-19(2)22(21)23/h15-16,18,20,23H,4-14,17H2,1-3H3. The Bertz CT molecular complexity index is 625. The van der Waals surface area contributed by atoms with Crippen molar-refractivity contribution >= 4 is 10.1 Å². The molecule has 0 saturated heterocycles. The highest BCUT2D eigenvalue weighted by Crippen LogP contribution is 2.31. The lowest BCUT2D eigenvalue weighted by Crippen LogP contribution is -2.23. The van der Waals surface area contributed by atoms with Crippen molar-refractivity contribution in [3.63, 3.8) is 0 Å². The highest BCUT2D eigenvalue weighted by molar-refractivity contribution is 7.87. The Morgan fingerprint density at radius 1 is 0.926 bits per heavy atom. The second kappa shape index (κ2) is 13.0. The summed E-state index contributed by atoms with van der Waals surface area (Å²) in [4.78, 5) is 0. The Morgan fingerprint density at radius 2 is 1.44 bits per heavy atom. The van der Waals surface area contributed by atoms with Gasteiger partial charge in [0.15, 0.2) is 11.5 Å². The predicted octanol–water partition coefficient (Wildman–Crippen LogP) is 6.50. The zero-order valence-corrected chi connectivity index (χ0v) is 18.2. The molecule has 1 atom stereocenters. The highest BCUT2D eigenvalue weighted by Gasteiger charge is 2.24. The van der Waals surface area contributed by atoms with Crippen LogP contribution in [-0.4, -0.2) is 18.8 Å². The minimum Gasteiger partial charge on any atom is -0.504 e. The molecule has 5 heteroatoms. The van der Waals surface area contributed by atoms with Gasteiger partial charge >= 0.3 is 10.1 Å². The zero-order valence-electron chi connectivity index (χ0n) is 17.4. The summed E-state index contributed by atoms with van der Waals surface area (Å²) in [6.45, 7) is 5.63. The first-order valence-corrected chi connectivity index (χ1v) is 12.1. The second-order valence-electron chi connectivity index (χ2n) is 7.63. The molecular weight excluding hydrogens is 360 g/mol. The maximum Gasteiger partial charge on any atom is 0.311 e. The molecule has 0 radical (unpaired) electrons. The van der Waals surface area contributed by atoms with Gasteiger partial charge in [-0.25, -0.2) is 0 Å². The van der Waals surface area contributed by atoms with Crippen LogP contribution in [0.3, 0.4) is 0 Å². The van der Waals surface area contributed by atoms with E-state index in [1.807, 2.05) is 0 Å². The Kier molecular flexibility index (Phi) is 11.5. The maximum atomic E-state index is 12.3. The molecule has 0 aliphatic heterocycles. The van der Waals surface area contributed by atoms with Crippen LogP contribution < -0.4 is 4.18 Å². The third-order valence-electron chi connectivity index (χ3n) is 5.11. The number of rotatable bonds is 15. The van der Waals surface area contributed by atoms with E-state index in [2.05, 4.69) is 6.92 Å². The summed E-state index contributed by atoms with van der Waals surface area (Å²) in [7, 11) is -3.73. The van der Waals surface area contributed by atoms with Crippen molar-refractivity contribution in [3.05, 3.63) is 23.8 Å².